The summed E-state index contributed by atoms with van der Waals surface area (Å²) < 4.78 is 23.0. The number of ketones is 1. The van der Waals surface area contributed by atoms with Crippen molar-refractivity contribution in [2.45, 2.75) is 12.5 Å². The first kappa shape index (κ1) is 14.8. The Morgan fingerprint density at radius 3 is 2.79 bits per heavy atom. The smallest absolute Gasteiger partial charge is 0.166 e. The molecule has 1 N–H and O–H groups in total. The van der Waals surface area contributed by atoms with Crippen LogP contribution in [-0.2, 0) is 9.84 Å². The molecule has 4 nitrogen and oxygen atoms in total. The average Bonchev–Trinajstić information content (AvgIpc) is 2.31. The fourth-order valence-corrected chi connectivity index (χ4v) is 3.90. The van der Waals surface area contributed by atoms with Gasteiger partial charge in [0.05, 0.1) is 21.6 Å². The van der Waals surface area contributed by atoms with Gasteiger partial charge < -0.3 is 5.32 Å². The van der Waals surface area contributed by atoms with Crippen LogP contribution in [0.2, 0.25) is 10.0 Å². The van der Waals surface area contributed by atoms with Crippen molar-refractivity contribution in [2.75, 3.05) is 18.1 Å². The van der Waals surface area contributed by atoms with Crippen molar-refractivity contribution in [1.29, 1.82) is 0 Å². The molecule has 2 rings (SSSR count). The van der Waals surface area contributed by atoms with Gasteiger partial charge in [-0.05, 0) is 12.1 Å². The van der Waals surface area contributed by atoms with E-state index in [1.807, 2.05) is 0 Å². The molecule has 1 aromatic carbocycles. The number of hydrogen-bond acceptors (Lipinski definition) is 4. The Balaban J connectivity index is 2.11. The second-order valence-electron chi connectivity index (χ2n) is 4.49. The topological polar surface area (TPSA) is 63.2 Å². The Kier molecular flexibility index (Phi) is 4.50. The monoisotopic (exact) mass is 321 g/mol. The molecule has 0 amide bonds. The summed E-state index contributed by atoms with van der Waals surface area (Å²) >= 11 is 11.8. The van der Waals surface area contributed by atoms with E-state index in [2.05, 4.69) is 5.32 Å². The molecule has 1 aliphatic heterocycles. The summed E-state index contributed by atoms with van der Waals surface area (Å²) in [6.07, 6.45) is 0.0965. The van der Waals surface area contributed by atoms with Crippen molar-refractivity contribution in [3.8, 4) is 0 Å². The van der Waals surface area contributed by atoms with Crippen molar-refractivity contribution >= 4 is 38.8 Å². The van der Waals surface area contributed by atoms with Crippen LogP contribution >= 0.6 is 23.2 Å². The largest absolute Gasteiger partial charge is 0.312 e. The Morgan fingerprint density at radius 2 is 2.11 bits per heavy atom. The zero-order valence-corrected chi connectivity index (χ0v) is 12.4. The molecule has 0 aliphatic carbocycles. The van der Waals surface area contributed by atoms with Gasteiger partial charge in [-0.25, -0.2) is 8.42 Å². The number of halogens is 2. The minimum atomic E-state index is -3.05. The molecule has 0 spiro atoms. The maximum atomic E-state index is 12.1. The van der Waals surface area contributed by atoms with Crippen LogP contribution in [0.1, 0.15) is 16.8 Å². The van der Waals surface area contributed by atoms with E-state index in [1.165, 1.54) is 0 Å². The lowest BCUT2D eigenvalue weighted by Crippen LogP contribution is -2.46. The molecule has 1 saturated heterocycles. The maximum absolute atomic E-state index is 12.1. The van der Waals surface area contributed by atoms with E-state index < -0.39 is 9.84 Å². The van der Waals surface area contributed by atoms with E-state index in [-0.39, 0.29) is 34.8 Å². The van der Waals surface area contributed by atoms with Crippen molar-refractivity contribution in [2.24, 2.45) is 0 Å². The fraction of sp³-hybridized carbons (Fsp3) is 0.417. The van der Waals surface area contributed by atoms with Gasteiger partial charge >= 0.3 is 0 Å². The van der Waals surface area contributed by atoms with Crippen molar-refractivity contribution < 1.29 is 13.2 Å². The third-order valence-corrected chi connectivity index (χ3v) is 5.54. The van der Waals surface area contributed by atoms with Crippen molar-refractivity contribution in [3.63, 3.8) is 0 Å². The molecule has 1 atom stereocenters. The maximum Gasteiger partial charge on any atom is 0.166 e. The highest BCUT2D eigenvalue weighted by Crippen LogP contribution is 2.26. The summed E-state index contributed by atoms with van der Waals surface area (Å²) in [5, 5.41) is 3.57. The molecule has 19 heavy (non-hydrogen) atoms. The van der Waals surface area contributed by atoms with E-state index in [4.69, 9.17) is 23.2 Å². The van der Waals surface area contributed by atoms with Crippen LogP contribution in [0.15, 0.2) is 18.2 Å². The van der Waals surface area contributed by atoms with Gasteiger partial charge in [-0.15, -0.1) is 0 Å². The highest BCUT2D eigenvalue weighted by molar-refractivity contribution is 7.91. The van der Waals surface area contributed by atoms with Crippen LogP contribution in [0, 0.1) is 0 Å². The molecular weight excluding hydrogens is 309 g/mol. The van der Waals surface area contributed by atoms with E-state index in [0.29, 0.717) is 17.1 Å². The molecule has 7 heteroatoms. The minimum absolute atomic E-state index is 0.0169. The summed E-state index contributed by atoms with van der Waals surface area (Å²) in [4.78, 5) is 12.1. The van der Waals surface area contributed by atoms with Crippen molar-refractivity contribution in [1.82, 2.24) is 5.32 Å². The van der Waals surface area contributed by atoms with Gasteiger partial charge in [0.2, 0.25) is 0 Å². The first-order chi connectivity index (χ1) is 8.89. The Labute approximate surface area is 122 Å². The van der Waals surface area contributed by atoms with E-state index in [1.54, 1.807) is 18.2 Å². The van der Waals surface area contributed by atoms with Gasteiger partial charge in [0.25, 0.3) is 0 Å². The molecular formula is C12H13Cl2NO3S. The molecule has 1 aromatic rings. The summed E-state index contributed by atoms with van der Waals surface area (Å²) in [6.45, 7) is 0.379. The number of carbonyl (C=O) groups excluding carboxylic acids is 1. The summed E-state index contributed by atoms with van der Waals surface area (Å²) in [5.74, 6) is -0.103. The molecule has 0 radical (unpaired) electrons. The lowest BCUT2D eigenvalue weighted by atomic mass is 10.0. The van der Waals surface area contributed by atoms with Crippen LogP contribution in [0.3, 0.4) is 0 Å². The highest BCUT2D eigenvalue weighted by Gasteiger charge is 2.27. The number of nitrogens with one attached hydrogen (secondary N) is 1. The van der Waals surface area contributed by atoms with E-state index in [0.717, 1.165) is 0 Å². The molecule has 0 saturated carbocycles. The van der Waals surface area contributed by atoms with Gasteiger partial charge in [-0.2, -0.15) is 0 Å². The van der Waals surface area contributed by atoms with Gasteiger partial charge in [0.1, 0.15) is 0 Å². The lowest BCUT2D eigenvalue weighted by Gasteiger charge is -2.23. The first-order valence-electron chi connectivity index (χ1n) is 5.80. The number of Topliss-reactive ketones (excluding diaryl/α,β-unsaturated/α-hetero) is 1. The zero-order valence-electron chi connectivity index (χ0n) is 10.0. The van der Waals surface area contributed by atoms with Crippen LogP contribution < -0.4 is 5.32 Å². The normalized spacial score (nSPS) is 22.1. The number of benzene rings is 1. The van der Waals surface area contributed by atoms with Gasteiger partial charge in [-0.3, -0.25) is 4.79 Å². The lowest BCUT2D eigenvalue weighted by molar-refractivity contribution is 0.0972. The number of hydrogen-bond donors (Lipinski definition) is 1. The minimum Gasteiger partial charge on any atom is -0.312 e. The van der Waals surface area contributed by atoms with Crippen LogP contribution in [-0.4, -0.2) is 38.3 Å². The quantitative estimate of drug-likeness (QED) is 0.864. The molecule has 1 heterocycles. The van der Waals surface area contributed by atoms with Crippen molar-refractivity contribution in [3.05, 3.63) is 33.8 Å². The standard InChI is InChI=1S/C12H13Cl2NO3S/c13-10-3-1-2-9(12(10)14)11(16)6-8-7-19(17,18)5-4-15-8/h1-3,8,15H,4-7H2. The molecule has 1 unspecified atom stereocenters. The zero-order chi connectivity index (χ0) is 14.0. The Hall–Kier alpha value is -0.620. The first-order valence-corrected chi connectivity index (χ1v) is 8.38. The average molecular weight is 322 g/mol. The molecule has 104 valence electrons. The third kappa shape index (κ3) is 3.69. The summed E-state index contributed by atoms with van der Waals surface area (Å²) in [5.41, 5.74) is 0.332. The Bertz CT molecular complexity index is 601. The van der Waals surface area contributed by atoms with E-state index >= 15 is 0 Å². The predicted molar refractivity (Wildman–Crippen MR) is 75.9 cm³/mol. The van der Waals surface area contributed by atoms with Crippen LogP contribution in [0.5, 0.6) is 0 Å². The van der Waals surface area contributed by atoms with Gasteiger partial charge in [0.15, 0.2) is 15.6 Å². The number of carbonyl (C=O) groups is 1. The number of sulfone groups is 1. The highest BCUT2D eigenvalue weighted by atomic mass is 35.5. The molecule has 1 fully saturated rings. The summed E-state index contributed by atoms with van der Waals surface area (Å²) in [6, 6.07) is 4.48. The summed E-state index contributed by atoms with van der Waals surface area (Å²) in [7, 11) is -3.05. The Morgan fingerprint density at radius 1 is 1.37 bits per heavy atom. The second-order valence-corrected chi connectivity index (χ2v) is 7.51. The predicted octanol–water partition coefficient (Wildman–Crippen LogP) is 1.95. The second kappa shape index (κ2) is 5.79. The van der Waals surface area contributed by atoms with Gasteiger partial charge in [-0.1, -0.05) is 29.3 Å². The van der Waals surface area contributed by atoms with E-state index in [9.17, 15) is 13.2 Å². The SMILES string of the molecule is O=C(CC1CS(=O)(=O)CCN1)c1cccc(Cl)c1Cl. The third-order valence-electron chi connectivity index (χ3n) is 2.98. The molecule has 0 bridgehead atoms. The van der Waals surface area contributed by atoms with Crippen LogP contribution in [0.4, 0.5) is 0 Å². The van der Waals surface area contributed by atoms with Crippen LogP contribution in [0.25, 0.3) is 0 Å². The number of rotatable bonds is 3. The molecule has 1 aliphatic rings. The fourth-order valence-electron chi connectivity index (χ4n) is 2.05. The van der Waals surface area contributed by atoms with Gasteiger partial charge in [0, 0.05) is 24.6 Å². The molecule has 0 aromatic heterocycles.